The smallest absolute Gasteiger partial charge is 0.271 e. The topological polar surface area (TPSA) is 46.9 Å². The molecule has 0 radical (unpaired) electrons. The normalized spacial score (nSPS) is 11.2. The summed E-state index contributed by atoms with van der Waals surface area (Å²) >= 11 is 1.49. The number of aromatic nitrogens is 2. The quantitative estimate of drug-likeness (QED) is 0.814. The molecule has 98 valence electrons. The second kappa shape index (κ2) is 6.11. The lowest BCUT2D eigenvalue weighted by atomic mass is 10.3. The van der Waals surface area contributed by atoms with Gasteiger partial charge in [0.15, 0.2) is 0 Å². The molecular weight excluding hydrogens is 246 g/mol. The predicted molar refractivity (Wildman–Crippen MR) is 76.4 cm³/mol. The first-order chi connectivity index (χ1) is 8.74. The van der Waals surface area contributed by atoms with E-state index in [0.29, 0.717) is 6.54 Å². The number of hydrogen-bond acceptors (Lipinski definition) is 4. The molecule has 0 bridgehead atoms. The van der Waals surface area contributed by atoms with Crippen LogP contribution in [0, 0.1) is 6.92 Å². The molecule has 0 unspecified atom stereocenters. The minimum Gasteiger partial charge on any atom is -0.315 e. The highest BCUT2D eigenvalue weighted by atomic mass is 32.1. The summed E-state index contributed by atoms with van der Waals surface area (Å²) in [6, 6.07) is 0. The maximum Gasteiger partial charge on any atom is 0.271 e. The Bertz CT molecular complexity index is 573. The Morgan fingerprint density at radius 1 is 1.44 bits per heavy atom. The molecule has 2 aromatic rings. The van der Waals surface area contributed by atoms with E-state index >= 15 is 0 Å². The van der Waals surface area contributed by atoms with Gasteiger partial charge in [-0.15, -0.1) is 11.3 Å². The number of nitrogens with one attached hydrogen (secondary N) is 1. The molecule has 0 saturated carbocycles. The zero-order valence-electron chi connectivity index (χ0n) is 10.9. The molecule has 1 N–H and O–H groups in total. The van der Waals surface area contributed by atoms with Crippen molar-refractivity contribution in [2.45, 2.75) is 33.2 Å². The lowest BCUT2D eigenvalue weighted by Crippen LogP contribution is -2.27. The van der Waals surface area contributed by atoms with Crippen molar-refractivity contribution in [2.75, 3.05) is 13.1 Å². The largest absolute Gasteiger partial charge is 0.315 e. The van der Waals surface area contributed by atoms with Gasteiger partial charge in [-0.2, -0.15) is 0 Å². The van der Waals surface area contributed by atoms with Gasteiger partial charge in [0.1, 0.15) is 4.70 Å². The molecule has 2 aromatic heterocycles. The second-order valence-electron chi connectivity index (χ2n) is 4.44. The van der Waals surface area contributed by atoms with Crippen LogP contribution in [0.3, 0.4) is 0 Å². The minimum absolute atomic E-state index is 0.0791. The number of thiophene rings is 1. The van der Waals surface area contributed by atoms with E-state index in [1.54, 1.807) is 10.9 Å². The minimum atomic E-state index is 0.0791. The van der Waals surface area contributed by atoms with Gasteiger partial charge in [0.2, 0.25) is 0 Å². The van der Waals surface area contributed by atoms with Crippen LogP contribution in [0.4, 0.5) is 0 Å². The van der Waals surface area contributed by atoms with Gasteiger partial charge in [-0.1, -0.05) is 13.3 Å². The number of rotatable bonds is 6. The van der Waals surface area contributed by atoms with Crippen molar-refractivity contribution in [1.82, 2.24) is 14.9 Å². The Morgan fingerprint density at radius 3 is 3.06 bits per heavy atom. The fourth-order valence-electron chi connectivity index (χ4n) is 1.85. The molecule has 0 fully saturated rings. The SMILES string of the molecule is CCCCNCCn1cnc2c(C)csc2c1=O. The van der Waals surface area contributed by atoms with E-state index in [-0.39, 0.29) is 5.56 Å². The summed E-state index contributed by atoms with van der Waals surface area (Å²) in [4.78, 5) is 16.5. The van der Waals surface area contributed by atoms with Gasteiger partial charge in [0, 0.05) is 13.1 Å². The summed E-state index contributed by atoms with van der Waals surface area (Å²) < 4.78 is 2.46. The Hall–Kier alpha value is -1.20. The highest BCUT2D eigenvalue weighted by Gasteiger charge is 2.07. The molecule has 0 aliphatic rings. The molecule has 0 aliphatic carbocycles. The molecule has 2 rings (SSSR count). The molecule has 2 heterocycles. The van der Waals surface area contributed by atoms with E-state index in [4.69, 9.17) is 0 Å². The highest BCUT2D eigenvalue weighted by molar-refractivity contribution is 7.17. The van der Waals surface area contributed by atoms with Gasteiger partial charge in [-0.05, 0) is 30.8 Å². The number of aryl methyl sites for hydroxylation is 1. The molecular formula is C13H19N3OS. The molecule has 0 spiro atoms. The first-order valence-corrected chi connectivity index (χ1v) is 7.26. The third kappa shape index (κ3) is 2.79. The van der Waals surface area contributed by atoms with Gasteiger partial charge >= 0.3 is 0 Å². The lowest BCUT2D eigenvalue weighted by Gasteiger charge is -2.06. The summed E-state index contributed by atoms with van der Waals surface area (Å²) in [5.74, 6) is 0. The van der Waals surface area contributed by atoms with Crippen molar-refractivity contribution < 1.29 is 0 Å². The lowest BCUT2D eigenvalue weighted by molar-refractivity contribution is 0.568. The maximum absolute atomic E-state index is 12.2. The standard InChI is InChI=1S/C13H19N3OS/c1-3-4-5-14-6-7-16-9-15-11-10(2)8-18-12(11)13(16)17/h8-9,14H,3-7H2,1-2H3. The Morgan fingerprint density at radius 2 is 2.28 bits per heavy atom. The summed E-state index contributed by atoms with van der Waals surface area (Å²) in [5, 5.41) is 5.32. The fourth-order valence-corrected chi connectivity index (χ4v) is 2.80. The molecule has 0 aliphatic heterocycles. The number of fused-ring (bicyclic) bond motifs is 1. The zero-order chi connectivity index (χ0) is 13.0. The van der Waals surface area contributed by atoms with Crippen LogP contribution >= 0.6 is 11.3 Å². The van der Waals surface area contributed by atoms with Crippen molar-refractivity contribution in [3.63, 3.8) is 0 Å². The Labute approximate surface area is 111 Å². The van der Waals surface area contributed by atoms with E-state index in [1.165, 1.54) is 24.2 Å². The molecule has 5 heteroatoms. The van der Waals surface area contributed by atoms with E-state index in [9.17, 15) is 4.79 Å². The summed E-state index contributed by atoms with van der Waals surface area (Å²) in [6.07, 6.45) is 4.02. The molecule has 4 nitrogen and oxygen atoms in total. The van der Waals surface area contributed by atoms with Crippen LogP contribution in [-0.4, -0.2) is 22.6 Å². The molecule has 0 aromatic carbocycles. The van der Waals surface area contributed by atoms with Crippen LogP contribution in [0.2, 0.25) is 0 Å². The van der Waals surface area contributed by atoms with Gasteiger partial charge in [-0.3, -0.25) is 9.36 Å². The van der Waals surface area contributed by atoms with E-state index in [0.717, 1.165) is 28.9 Å². The van der Waals surface area contributed by atoms with Gasteiger partial charge < -0.3 is 5.32 Å². The zero-order valence-corrected chi connectivity index (χ0v) is 11.7. The Balaban J connectivity index is 2.05. The third-order valence-electron chi connectivity index (χ3n) is 2.96. The second-order valence-corrected chi connectivity index (χ2v) is 5.32. The summed E-state index contributed by atoms with van der Waals surface area (Å²) in [7, 11) is 0. The van der Waals surface area contributed by atoms with Crippen LogP contribution in [0.5, 0.6) is 0 Å². The van der Waals surface area contributed by atoms with Crippen molar-refractivity contribution >= 4 is 21.6 Å². The fraction of sp³-hybridized carbons (Fsp3) is 0.538. The van der Waals surface area contributed by atoms with Crippen LogP contribution in [0.25, 0.3) is 10.2 Å². The van der Waals surface area contributed by atoms with Gasteiger partial charge in [0.05, 0.1) is 11.8 Å². The van der Waals surface area contributed by atoms with Crippen molar-refractivity contribution in [3.05, 3.63) is 27.6 Å². The maximum atomic E-state index is 12.2. The van der Waals surface area contributed by atoms with E-state index < -0.39 is 0 Å². The molecule has 0 saturated heterocycles. The Kier molecular flexibility index (Phi) is 4.49. The highest BCUT2D eigenvalue weighted by Crippen LogP contribution is 2.19. The van der Waals surface area contributed by atoms with Gasteiger partial charge in [-0.25, -0.2) is 4.98 Å². The number of hydrogen-bond donors (Lipinski definition) is 1. The van der Waals surface area contributed by atoms with Crippen LogP contribution in [-0.2, 0) is 6.54 Å². The average molecular weight is 265 g/mol. The van der Waals surface area contributed by atoms with E-state index in [1.807, 2.05) is 12.3 Å². The number of nitrogens with zero attached hydrogens (tertiary/aromatic N) is 2. The molecule has 0 atom stereocenters. The first kappa shape index (κ1) is 13.2. The van der Waals surface area contributed by atoms with E-state index in [2.05, 4.69) is 17.2 Å². The summed E-state index contributed by atoms with van der Waals surface area (Å²) in [6.45, 7) is 6.67. The molecule has 0 amide bonds. The van der Waals surface area contributed by atoms with Crippen LogP contribution in [0.1, 0.15) is 25.3 Å². The predicted octanol–water partition coefficient (Wildman–Crippen LogP) is 2.16. The van der Waals surface area contributed by atoms with Crippen LogP contribution < -0.4 is 10.9 Å². The monoisotopic (exact) mass is 265 g/mol. The van der Waals surface area contributed by atoms with Crippen molar-refractivity contribution in [1.29, 1.82) is 0 Å². The van der Waals surface area contributed by atoms with Gasteiger partial charge in [0.25, 0.3) is 5.56 Å². The van der Waals surface area contributed by atoms with Crippen molar-refractivity contribution in [3.8, 4) is 0 Å². The third-order valence-corrected chi connectivity index (χ3v) is 4.04. The number of unbranched alkanes of at least 4 members (excludes halogenated alkanes) is 1. The molecule has 18 heavy (non-hydrogen) atoms. The van der Waals surface area contributed by atoms with Crippen LogP contribution in [0.15, 0.2) is 16.5 Å². The first-order valence-electron chi connectivity index (χ1n) is 6.38. The average Bonchev–Trinajstić information content (AvgIpc) is 2.74. The summed E-state index contributed by atoms with van der Waals surface area (Å²) in [5.41, 5.74) is 2.01. The van der Waals surface area contributed by atoms with Crippen molar-refractivity contribution in [2.24, 2.45) is 0 Å².